The van der Waals surface area contributed by atoms with E-state index in [9.17, 15) is 9.59 Å². The van der Waals surface area contributed by atoms with Crippen LogP contribution in [0.4, 0.5) is 5.13 Å². The third kappa shape index (κ3) is 4.55. The van der Waals surface area contributed by atoms with E-state index in [4.69, 9.17) is 9.15 Å². The number of hydrogen-bond acceptors (Lipinski definition) is 7. The quantitative estimate of drug-likeness (QED) is 0.632. The Morgan fingerprint density at radius 1 is 1.32 bits per heavy atom. The van der Waals surface area contributed by atoms with Gasteiger partial charge in [0.25, 0.3) is 5.91 Å². The molecule has 0 atom stereocenters. The predicted molar refractivity (Wildman–Crippen MR) is 105 cm³/mol. The zero-order chi connectivity index (χ0) is 20.1. The number of pyridine rings is 1. The molecule has 0 aliphatic heterocycles. The van der Waals surface area contributed by atoms with Crippen molar-refractivity contribution in [2.75, 3.05) is 12.4 Å². The molecule has 0 aliphatic rings. The number of amides is 2. The summed E-state index contributed by atoms with van der Waals surface area (Å²) in [6, 6.07) is 3.19. The molecule has 0 fully saturated rings. The normalized spacial score (nSPS) is 10.5. The summed E-state index contributed by atoms with van der Waals surface area (Å²) in [4.78, 5) is 32.8. The van der Waals surface area contributed by atoms with E-state index in [2.05, 4.69) is 20.6 Å². The summed E-state index contributed by atoms with van der Waals surface area (Å²) in [7, 11) is 1.61. The van der Waals surface area contributed by atoms with E-state index in [0.29, 0.717) is 17.4 Å². The van der Waals surface area contributed by atoms with Gasteiger partial charge in [-0.3, -0.25) is 19.9 Å². The monoisotopic (exact) mass is 400 g/mol. The molecule has 3 rings (SSSR count). The van der Waals surface area contributed by atoms with Crippen LogP contribution in [0.3, 0.4) is 0 Å². The summed E-state index contributed by atoms with van der Waals surface area (Å²) < 4.78 is 10.4. The highest BCUT2D eigenvalue weighted by Crippen LogP contribution is 2.23. The molecule has 8 nitrogen and oxygen atoms in total. The smallest absolute Gasteiger partial charge is 0.293 e. The summed E-state index contributed by atoms with van der Waals surface area (Å²) >= 11 is 1.25. The van der Waals surface area contributed by atoms with Gasteiger partial charge in [-0.1, -0.05) is 0 Å². The van der Waals surface area contributed by atoms with E-state index in [1.54, 1.807) is 30.8 Å². The minimum absolute atomic E-state index is 0.106. The van der Waals surface area contributed by atoms with Crippen molar-refractivity contribution in [1.29, 1.82) is 0 Å². The van der Waals surface area contributed by atoms with Crippen molar-refractivity contribution >= 4 is 28.3 Å². The first-order chi connectivity index (χ1) is 13.5. The Labute approximate surface area is 166 Å². The molecule has 3 aromatic heterocycles. The molecule has 0 spiro atoms. The first kappa shape index (κ1) is 19.6. The second-order valence-corrected chi connectivity index (χ2v) is 6.93. The van der Waals surface area contributed by atoms with Gasteiger partial charge in [0.1, 0.15) is 5.75 Å². The average molecular weight is 400 g/mol. The molecule has 146 valence electrons. The lowest BCUT2D eigenvalue weighted by Gasteiger charge is -2.12. The van der Waals surface area contributed by atoms with Crippen molar-refractivity contribution in [2.24, 2.45) is 0 Å². The molecular formula is C19H20N4O4S. The lowest BCUT2D eigenvalue weighted by Crippen LogP contribution is -2.25. The number of aromatic nitrogens is 2. The summed E-state index contributed by atoms with van der Waals surface area (Å²) in [5.74, 6) is 0.404. The van der Waals surface area contributed by atoms with Crippen molar-refractivity contribution in [3.05, 3.63) is 58.2 Å². The van der Waals surface area contributed by atoms with E-state index in [-0.39, 0.29) is 24.0 Å². The highest BCUT2D eigenvalue weighted by atomic mass is 32.1. The van der Waals surface area contributed by atoms with Crippen LogP contribution in [0.5, 0.6) is 5.75 Å². The van der Waals surface area contributed by atoms with Crippen molar-refractivity contribution in [2.45, 2.75) is 26.8 Å². The minimum atomic E-state index is -0.384. The zero-order valence-corrected chi connectivity index (χ0v) is 16.6. The number of carbonyl (C=O) groups excluding carboxylic acids is 2. The van der Waals surface area contributed by atoms with Crippen LogP contribution in [-0.2, 0) is 17.8 Å². The summed E-state index contributed by atoms with van der Waals surface area (Å²) in [5, 5.41) is 7.62. The van der Waals surface area contributed by atoms with Crippen LogP contribution in [0.1, 0.15) is 33.1 Å². The fraction of sp³-hybridized carbons (Fsp3) is 0.263. The first-order valence-electron chi connectivity index (χ1n) is 8.53. The van der Waals surface area contributed by atoms with Crippen molar-refractivity contribution in [3.63, 3.8) is 0 Å². The highest BCUT2D eigenvalue weighted by Gasteiger charge is 2.14. The van der Waals surface area contributed by atoms with Gasteiger partial charge in [0.15, 0.2) is 10.9 Å². The molecule has 0 saturated heterocycles. The topological polar surface area (TPSA) is 106 Å². The Balaban J connectivity index is 1.54. The molecule has 0 aliphatic carbocycles. The third-order valence-electron chi connectivity index (χ3n) is 4.06. The van der Waals surface area contributed by atoms with Crippen molar-refractivity contribution in [3.8, 4) is 5.75 Å². The van der Waals surface area contributed by atoms with Gasteiger partial charge < -0.3 is 14.5 Å². The maximum absolute atomic E-state index is 12.2. The molecular weight excluding hydrogens is 380 g/mol. The van der Waals surface area contributed by atoms with Crippen molar-refractivity contribution < 1.29 is 18.7 Å². The lowest BCUT2D eigenvalue weighted by atomic mass is 10.1. The summed E-state index contributed by atoms with van der Waals surface area (Å²) in [5.41, 5.74) is 3.17. The molecule has 3 heterocycles. The minimum Gasteiger partial charge on any atom is -0.496 e. The van der Waals surface area contributed by atoms with Gasteiger partial charge in [-0.15, -0.1) is 11.3 Å². The van der Waals surface area contributed by atoms with Gasteiger partial charge in [0.2, 0.25) is 5.91 Å². The van der Waals surface area contributed by atoms with E-state index in [1.807, 2.05) is 13.8 Å². The Morgan fingerprint density at radius 3 is 2.86 bits per heavy atom. The molecule has 2 N–H and O–H groups in total. The Bertz CT molecular complexity index is 982. The predicted octanol–water partition coefficient (Wildman–Crippen LogP) is 2.87. The van der Waals surface area contributed by atoms with E-state index >= 15 is 0 Å². The molecule has 3 aromatic rings. The fourth-order valence-corrected chi connectivity index (χ4v) is 3.38. The van der Waals surface area contributed by atoms with Crippen LogP contribution in [0.15, 0.2) is 34.4 Å². The third-order valence-corrected chi connectivity index (χ3v) is 4.87. The number of rotatable bonds is 7. The van der Waals surface area contributed by atoms with Gasteiger partial charge in [-0.25, -0.2) is 4.98 Å². The Morgan fingerprint density at radius 2 is 2.14 bits per heavy atom. The van der Waals surface area contributed by atoms with Crippen LogP contribution in [0, 0.1) is 13.8 Å². The number of hydrogen-bond donors (Lipinski definition) is 2. The SMILES string of the molecule is COc1c(C)cnc(CNC(=O)Cc2csc(NC(=O)c3ccco3)n2)c1C. The van der Waals surface area contributed by atoms with Gasteiger partial charge in [0.05, 0.1) is 37.7 Å². The van der Waals surface area contributed by atoms with E-state index < -0.39 is 0 Å². The molecule has 0 saturated carbocycles. The van der Waals surface area contributed by atoms with Gasteiger partial charge in [-0.05, 0) is 26.0 Å². The molecule has 9 heteroatoms. The number of nitrogens with one attached hydrogen (secondary N) is 2. The Hall–Kier alpha value is -3.20. The number of ether oxygens (including phenoxy) is 1. The van der Waals surface area contributed by atoms with Crippen LogP contribution in [0.2, 0.25) is 0 Å². The molecule has 28 heavy (non-hydrogen) atoms. The number of anilines is 1. The summed E-state index contributed by atoms with van der Waals surface area (Å²) in [6.07, 6.45) is 3.25. The van der Waals surface area contributed by atoms with Crippen LogP contribution in [0.25, 0.3) is 0 Å². The second-order valence-electron chi connectivity index (χ2n) is 6.08. The van der Waals surface area contributed by atoms with Gasteiger partial charge in [0, 0.05) is 22.7 Å². The standard InChI is InChI=1S/C19H20N4O4S/c1-11-8-20-14(12(2)17(11)26-3)9-21-16(24)7-13-10-28-19(22-13)23-18(25)15-5-4-6-27-15/h4-6,8,10H,7,9H2,1-3H3,(H,21,24)(H,22,23,25). The first-order valence-corrected chi connectivity index (χ1v) is 9.41. The van der Waals surface area contributed by atoms with E-state index in [1.165, 1.54) is 17.6 Å². The second kappa shape index (κ2) is 8.66. The fourth-order valence-electron chi connectivity index (χ4n) is 2.67. The number of furan rings is 1. The number of methoxy groups -OCH3 is 1. The molecule has 0 aromatic carbocycles. The average Bonchev–Trinajstić information content (AvgIpc) is 3.34. The van der Waals surface area contributed by atoms with Crippen LogP contribution in [-0.4, -0.2) is 28.9 Å². The number of aryl methyl sites for hydroxylation is 1. The summed E-state index contributed by atoms with van der Waals surface area (Å²) in [6.45, 7) is 4.13. The lowest BCUT2D eigenvalue weighted by molar-refractivity contribution is -0.120. The van der Waals surface area contributed by atoms with Gasteiger partial charge in [-0.2, -0.15) is 0 Å². The highest BCUT2D eigenvalue weighted by molar-refractivity contribution is 7.14. The van der Waals surface area contributed by atoms with E-state index in [0.717, 1.165) is 22.6 Å². The maximum Gasteiger partial charge on any atom is 0.293 e. The number of carbonyl (C=O) groups is 2. The molecule has 0 bridgehead atoms. The van der Waals surface area contributed by atoms with Crippen molar-refractivity contribution in [1.82, 2.24) is 15.3 Å². The van der Waals surface area contributed by atoms with Crippen LogP contribution >= 0.6 is 11.3 Å². The number of thiazole rings is 1. The van der Waals surface area contributed by atoms with Gasteiger partial charge >= 0.3 is 0 Å². The molecule has 2 amide bonds. The molecule has 0 unspecified atom stereocenters. The largest absolute Gasteiger partial charge is 0.496 e. The maximum atomic E-state index is 12.2. The van der Waals surface area contributed by atoms with Crippen LogP contribution < -0.4 is 15.4 Å². The Kier molecular flexibility index (Phi) is 6.05. The molecule has 0 radical (unpaired) electrons. The zero-order valence-electron chi connectivity index (χ0n) is 15.7. The number of nitrogens with zero attached hydrogens (tertiary/aromatic N) is 2.